The van der Waals surface area contributed by atoms with E-state index in [9.17, 15) is 0 Å². The number of hydrogen-bond acceptors (Lipinski definition) is 3. The molecule has 0 fully saturated rings. The molecule has 11 rings (SSSR count). The van der Waals surface area contributed by atoms with Crippen LogP contribution in [0.25, 0.3) is 88.0 Å². The lowest BCUT2D eigenvalue weighted by Crippen LogP contribution is -2.10. The van der Waals surface area contributed by atoms with Gasteiger partial charge < -0.3 is 13.7 Å². The van der Waals surface area contributed by atoms with E-state index >= 15 is 0 Å². The number of fused-ring (bicyclic) bond motifs is 8. The van der Waals surface area contributed by atoms with Crippen molar-refractivity contribution in [3.05, 3.63) is 200 Å². The molecule has 9 aromatic carbocycles. The van der Waals surface area contributed by atoms with Crippen LogP contribution in [0.4, 0.5) is 17.1 Å². The molecule has 55 heavy (non-hydrogen) atoms. The number of rotatable bonds is 6. The van der Waals surface area contributed by atoms with Gasteiger partial charge in [-0.05, 0) is 105 Å². The van der Waals surface area contributed by atoms with Crippen molar-refractivity contribution in [3.8, 4) is 33.4 Å². The summed E-state index contributed by atoms with van der Waals surface area (Å²) in [5, 5.41) is 6.84. The van der Waals surface area contributed by atoms with Gasteiger partial charge >= 0.3 is 0 Å². The first-order valence-electron chi connectivity index (χ1n) is 18.7. The molecular formula is C52H33NO2. The summed E-state index contributed by atoms with van der Waals surface area (Å²) < 4.78 is 12.7. The van der Waals surface area contributed by atoms with E-state index in [-0.39, 0.29) is 0 Å². The standard InChI is InChI=1S/C52H33NO2/c1-2-10-34(11-3-1)35-20-26-40(27-21-35)53(42-14-8-13-39(32-42)43-17-9-19-50-51(43)46-16-6-7-18-48(46)54-50)41-28-22-36(23-29-41)38-25-31-49-47(33-38)45-30-24-37-12-4-5-15-44(37)52(45)55-49/h1-33H. The molecule has 0 spiro atoms. The molecule has 0 aliphatic heterocycles. The minimum absolute atomic E-state index is 0.892. The summed E-state index contributed by atoms with van der Waals surface area (Å²) in [6.07, 6.45) is 0. The van der Waals surface area contributed by atoms with E-state index in [1.165, 1.54) is 16.5 Å². The second-order valence-corrected chi connectivity index (χ2v) is 14.1. The van der Waals surface area contributed by atoms with Gasteiger partial charge in [-0.1, -0.05) is 133 Å². The molecule has 11 aromatic rings. The summed E-state index contributed by atoms with van der Waals surface area (Å²) in [5.74, 6) is 0. The van der Waals surface area contributed by atoms with Gasteiger partial charge in [0.2, 0.25) is 0 Å². The smallest absolute Gasteiger partial charge is 0.143 e. The number of benzene rings is 9. The molecule has 258 valence electrons. The Hall–Kier alpha value is -7.36. The molecule has 0 N–H and O–H groups in total. The van der Waals surface area contributed by atoms with Crippen molar-refractivity contribution >= 4 is 71.7 Å². The van der Waals surface area contributed by atoms with E-state index < -0.39 is 0 Å². The van der Waals surface area contributed by atoms with Gasteiger partial charge in [0.05, 0.1) is 0 Å². The lowest BCUT2D eigenvalue weighted by atomic mass is 9.98. The lowest BCUT2D eigenvalue weighted by molar-refractivity contribution is 0.669. The van der Waals surface area contributed by atoms with Gasteiger partial charge in [-0.25, -0.2) is 0 Å². The predicted octanol–water partition coefficient (Wildman–Crippen LogP) is 15.1. The van der Waals surface area contributed by atoms with Crippen LogP contribution in [0.15, 0.2) is 209 Å². The molecule has 0 radical (unpaired) electrons. The molecular weight excluding hydrogens is 671 g/mol. The van der Waals surface area contributed by atoms with Crippen LogP contribution in [0.5, 0.6) is 0 Å². The highest BCUT2D eigenvalue weighted by molar-refractivity contribution is 6.16. The molecule has 0 bridgehead atoms. The number of furan rings is 2. The second-order valence-electron chi connectivity index (χ2n) is 14.1. The van der Waals surface area contributed by atoms with E-state index in [0.717, 1.165) is 88.6 Å². The molecule has 0 saturated heterocycles. The van der Waals surface area contributed by atoms with Crippen molar-refractivity contribution in [1.29, 1.82) is 0 Å². The van der Waals surface area contributed by atoms with Gasteiger partial charge in [-0.15, -0.1) is 0 Å². The molecule has 2 heterocycles. The highest BCUT2D eigenvalue weighted by Gasteiger charge is 2.18. The van der Waals surface area contributed by atoms with Crippen molar-refractivity contribution in [2.75, 3.05) is 4.90 Å². The highest BCUT2D eigenvalue weighted by Crippen LogP contribution is 2.42. The Morgan fingerprint density at radius 3 is 1.75 bits per heavy atom. The molecule has 0 amide bonds. The van der Waals surface area contributed by atoms with Gasteiger partial charge in [-0.3, -0.25) is 0 Å². The molecule has 0 aliphatic rings. The van der Waals surface area contributed by atoms with Gasteiger partial charge in [0.1, 0.15) is 22.3 Å². The first-order chi connectivity index (χ1) is 27.2. The third-order valence-electron chi connectivity index (χ3n) is 10.9. The number of nitrogens with zero attached hydrogens (tertiary/aromatic N) is 1. The largest absolute Gasteiger partial charge is 0.456 e. The molecule has 2 aromatic heterocycles. The SMILES string of the molecule is c1ccc(-c2ccc(N(c3ccc(-c4ccc5oc6c7ccccc7ccc6c5c4)cc3)c3cccc(-c4cccc5oc6ccccc6c45)c3)cc2)cc1. The molecule has 0 aliphatic carbocycles. The van der Waals surface area contributed by atoms with Gasteiger partial charge in [0.15, 0.2) is 0 Å². The minimum Gasteiger partial charge on any atom is -0.456 e. The topological polar surface area (TPSA) is 29.5 Å². The zero-order valence-electron chi connectivity index (χ0n) is 29.8. The van der Waals surface area contributed by atoms with Gasteiger partial charge in [0.25, 0.3) is 0 Å². The van der Waals surface area contributed by atoms with E-state index in [0.29, 0.717) is 0 Å². The second kappa shape index (κ2) is 12.6. The summed E-state index contributed by atoms with van der Waals surface area (Å²) >= 11 is 0. The highest BCUT2D eigenvalue weighted by atomic mass is 16.3. The van der Waals surface area contributed by atoms with Crippen molar-refractivity contribution < 1.29 is 8.83 Å². The fourth-order valence-electron chi connectivity index (χ4n) is 8.20. The number of anilines is 3. The van der Waals surface area contributed by atoms with E-state index in [2.05, 4.69) is 193 Å². The van der Waals surface area contributed by atoms with Gasteiger partial charge in [0, 0.05) is 44.0 Å². The summed E-state index contributed by atoms with van der Waals surface area (Å²) in [4.78, 5) is 2.34. The number of para-hydroxylation sites is 1. The summed E-state index contributed by atoms with van der Waals surface area (Å²) in [5.41, 5.74) is 13.8. The van der Waals surface area contributed by atoms with Crippen molar-refractivity contribution in [2.24, 2.45) is 0 Å². The first-order valence-corrected chi connectivity index (χ1v) is 18.7. The first kappa shape index (κ1) is 31.2. The Bertz CT molecular complexity index is 3190. The van der Waals surface area contributed by atoms with Crippen LogP contribution in [0.3, 0.4) is 0 Å². The summed E-state index contributed by atoms with van der Waals surface area (Å²) in [6.45, 7) is 0. The monoisotopic (exact) mass is 703 g/mol. The third-order valence-corrected chi connectivity index (χ3v) is 10.9. The fraction of sp³-hybridized carbons (Fsp3) is 0. The quantitative estimate of drug-likeness (QED) is 0.173. The molecule has 0 atom stereocenters. The zero-order chi connectivity index (χ0) is 36.3. The van der Waals surface area contributed by atoms with Crippen LogP contribution >= 0.6 is 0 Å². The Labute approximate surface area is 317 Å². The molecule has 0 saturated carbocycles. The average molecular weight is 704 g/mol. The number of hydrogen-bond donors (Lipinski definition) is 0. The predicted molar refractivity (Wildman–Crippen MR) is 229 cm³/mol. The van der Waals surface area contributed by atoms with Crippen LogP contribution in [-0.4, -0.2) is 0 Å². The maximum absolute atomic E-state index is 6.41. The maximum atomic E-state index is 6.41. The van der Waals surface area contributed by atoms with E-state index in [1.807, 2.05) is 12.1 Å². The van der Waals surface area contributed by atoms with Crippen molar-refractivity contribution in [3.63, 3.8) is 0 Å². The van der Waals surface area contributed by atoms with Crippen LogP contribution in [0.1, 0.15) is 0 Å². The van der Waals surface area contributed by atoms with Crippen LogP contribution < -0.4 is 4.90 Å². The average Bonchev–Trinajstić information content (AvgIpc) is 3.83. The Kier molecular flexibility index (Phi) is 7.17. The summed E-state index contributed by atoms with van der Waals surface area (Å²) in [7, 11) is 0. The van der Waals surface area contributed by atoms with Crippen LogP contribution in [0, 0.1) is 0 Å². The molecule has 0 unspecified atom stereocenters. The van der Waals surface area contributed by atoms with Crippen molar-refractivity contribution in [2.45, 2.75) is 0 Å². The normalized spacial score (nSPS) is 11.6. The summed E-state index contributed by atoms with van der Waals surface area (Å²) in [6, 6.07) is 71.0. The maximum Gasteiger partial charge on any atom is 0.143 e. The molecule has 3 heteroatoms. The Morgan fingerprint density at radius 1 is 0.309 bits per heavy atom. The molecule has 3 nitrogen and oxygen atoms in total. The van der Waals surface area contributed by atoms with Crippen LogP contribution in [-0.2, 0) is 0 Å². The fourth-order valence-corrected chi connectivity index (χ4v) is 8.20. The van der Waals surface area contributed by atoms with Crippen LogP contribution in [0.2, 0.25) is 0 Å². The van der Waals surface area contributed by atoms with Crippen molar-refractivity contribution in [1.82, 2.24) is 0 Å². The lowest BCUT2D eigenvalue weighted by Gasteiger charge is -2.26. The van der Waals surface area contributed by atoms with E-state index in [4.69, 9.17) is 8.83 Å². The Balaban J connectivity index is 1.01. The third kappa shape index (κ3) is 5.28. The van der Waals surface area contributed by atoms with E-state index in [1.54, 1.807) is 0 Å². The Morgan fingerprint density at radius 2 is 0.927 bits per heavy atom. The minimum atomic E-state index is 0.892. The van der Waals surface area contributed by atoms with Gasteiger partial charge in [-0.2, -0.15) is 0 Å². The zero-order valence-corrected chi connectivity index (χ0v) is 29.8.